The van der Waals surface area contributed by atoms with Crippen LogP contribution in [0.1, 0.15) is 42.6 Å². The van der Waals surface area contributed by atoms with E-state index in [2.05, 4.69) is 15.5 Å². The lowest BCUT2D eigenvalue weighted by atomic mass is 10.0. The van der Waals surface area contributed by atoms with Crippen LogP contribution < -0.4 is 5.32 Å². The molecule has 1 aliphatic rings. The number of para-hydroxylation sites is 1. The molecule has 0 saturated carbocycles. The minimum atomic E-state index is -0.227. The highest BCUT2D eigenvalue weighted by atomic mass is 35.5. The van der Waals surface area contributed by atoms with Crippen molar-refractivity contribution in [3.05, 3.63) is 40.5 Å². The number of nitrogens with zero attached hydrogens (tertiary/aromatic N) is 3. The summed E-state index contributed by atoms with van der Waals surface area (Å²) < 4.78 is 10.5. The van der Waals surface area contributed by atoms with Crippen LogP contribution in [-0.2, 0) is 11.2 Å². The van der Waals surface area contributed by atoms with Gasteiger partial charge in [0.05, 0.1) is 17.3 Å². The number of anilines is 1. The second-order valence-electron chi connectivity index (χ2n) is 6.36. The van der Waals surface area contributed by atoms with Crippen LogP contribution in [0.15, 0.2) is 22.7 Å². The number of amides is 2. The monoisotopic (exact) mass is 378 g/mol. The number of methoxy groups -OCH3 is 1. The molecule has 3 rings (SSSR count). The number of nitrogens with one attached hydrogen (secondary N) is 1. The Balaban J connectivity index is 1.76. The largest absolute Gasteiger partial charge is 0.384 e. The number of benzene rings is 1. The second-order valence-corrected chi connectivity index (χ2v) is 6.77. The molecule has 8 heteroatoms. The van der Waals surface area contributed by atoms with Crippen LogP contribution in [0.5, 0.6) is 0 Å². The lowest BCUT2D eigenvalue weighted by Crippen LogP contribution is -2.41. The third-order valence-corrected chi connectivity index (χ3v) is 4.83. The summed E-state index contributed by atoms with van der Waals surface area (Å²) in [5, 5.41) is 7.44. The summed E-state index contributed by atoms with van der Waals surface area (Å²) in [4.78, 5) is 19.1. The van der Waals surface area contributed by atoms with Crippen molar-refractivity contribution in [2.24, 2.45) is 0 Å². The number of hydrogen-bond acceptors (Lipinski definition) is 5. The summed E-state index contributed by atoms with van der Waals surface area (Å²) in [5.41, 5.74) is 1.55. The van der Waals surface area contributed by atoms with Gasteiger partial charge in [-0.1, -0.05) is 28.9 Å². The first-order valence-corrected chi connectivity index (χ1v) is 9.12. The summed E-state index contributed by atoms with van der Waals surface area (Å²) >= 11 is 6.23. The van der Waals surface area contributed by atoms with Gasteiger partial charge in [-0.05, 0) is 37.8 Å². The van der Waals surface area contributed by atoms with E-state index in [9.17, 15) is 4.79 Å². The molecular weight excluding hydrogens is 356 g/mol. The molecule has 1 N–H and O–H groups in total. The number of piperidine rings is 1. The standard InChI is InChI=1S/C18H23ClN4O3/c1-12-6-5-7-13(19)16(12)21-18(24)23-10-4-3-8-14(23)17-20-15(22-26-17)9-11-25-2/h5-7,14H,3-4,8-11H2,1-2H3,(H,21,24)/t14-/m1/s1. The van der Waals surface area contributed by atoms with Crippen LogP contribution in [0.4, 0.5) is 10.5 Å². The molecule has 26 heavy (non-hydrogen) atoms. The molecule has 0 bridgehead atoms. The molecule has 0 unspecified atom stereocenters. The van der Waals surface area contributed by atoms with Crippen LogP contribution in [0.25, 0.3) is 0 Å². The second kappa shape index (κ2) is 8.51. The molecular formula is C18H23ClN4O3. The average molecular weight is 379 g/mol. The molecule has 1 aromatic carbocycles. The maximum atomic E-state index is 12.9. The molecule has 2 heterocycles. The summed E-state index contributed by atoms with van der Waals surface area (Å²) in [6.07, 6.45) is 3.32. The van der Waals surface area contributed by atoms with Crippen LogP contribution in [0.2, 0.25) is 5.02 Å². The van der Waals surface area contributed by atoms with Crippen molar-refractivity contribution < 1.29 is 14.1 Å². The molecule has 1 fully saturated rings. The predicted octanol–water partition coefficient (Wildman–Crippen LogP) is 3.98. The molecule has 0 radical (unpaired) electrons. The van der Waals surface area contributed by atoms with Gasteiger partial charge in [0, 0.05) is 20.1 Å². The molecule has 0 aliphatic carbocycles. The van der Waals surface area contributed by atoms with Gasteiger partial charge in [0.1, 0.15) is 6.04 Å². The van der Waals surface area contributed by atoms with Gasteiger partial charge in [0.15, 0.2) is 5.82 Å². The Morgan fingerprint density at radius 3 is 3.08 bits per heavy atom. The zero-order valence-electron chi connectivity index (χ0n) is 15.0. The molecule has 2 amide bonds. The Bertz CT molecular complexity index is 744. The van der Waals surface area contributed by atoms with Gasteiger partial charge in [0.2, 0.25) is 5.89 Å². The number of likely N-dealkylation sites (tertiary alicyclic amines) is 1. The predicted molar refractivity (Wildman–Crippen MR) is 98.4 cm³/mol. The van der Waals surface area contributed by atoms with Crippen molar-refractivity contribution in [2.75, 3.05) is 25.6 Å². The smallest absolute Gasteiger partial charge is 0.322 e. The summed E-state index contributed by atoms with van der Waals surface area (Å²) in [7, 11) is 1.63. The van der Waals surface area contributed by atoms with Crippen molar-refractivity contribution in [1.29, 1.82) is 0 Å². The van der Waals surface area contributed by atoms with E-state index in [1.165, 1.54) is 0 Å². The van der Waals surface area contributed by atoms with E-state index < -0.39 is 0 Å². The number of halogens is 1. The molecule has 1 saturated heterocycles. The third-order valence-electron chi connectivity index (χ3n) is 4.52. The van der Waals surface area contributed by atoms with Crippen LogP contribution in [0, 0.1) is 6.92 Å². The minimum Gasteiger partial charge on any atom is -0.384 e. The van der Waals surface area contributed by atoms with Gasteiger partial charge in [-0.3, -0.25) is 0 Å². The fraction of sp³-hybridized carbons (Fsp3) is 0.500. The topological polar surface area (TPSA) is 80.5 Å². The molecule has 1 atom stereocenters. The number of aryl methyl sites for hydroxylation is 1. The fourth-order valence-electron chi connectivity index (χ4n) is 3.10. The van der Waals surface area contributed by atoms with Crippen molar-refractivity contribution in [2.45, 2.75) is 38.6 Å². The van der Waals surface area contributed by atoms with E-state index in [0.717, 1.165) is 24.8 Å². The maximum Gasteiger partial charge on any atom is 0.322 e. The van der Waals surface area contributed by atoms with Gasteiger partial charge in [0.25, 0.3) is 0 Å². The number of urea groups is 1. The highest BCUT2D eigenvalue weighted by Crippen LogP contribution is 2.32. The summed E-state index contributed by atoms with van der Waals surface area (Å²) in [5.74, 6) is 1.07. The molecule has 0 spiro atoms. The quantitative estimate of drug-likeness (QED) is 0.851. The number of aromatic nitrogens is 2. The zero-order chi connectivity index (χ0) is 18.5. The lowest BCUT2D eigenvalue weighted by molar-refractivity contribution is 0.142. The van der Waals surface area contributed by atoms with E-state index in [-0.39, 0.29) is 12.1 Å². The Kier molecular flexibility index (Phi) is 6.11. The molecule has 7 nitrogen and oxygen atoms in total. The first-order valence-electron chi connectivity index (χ1n) is 8.74. The normalized spacial score (nSPS) is 17.3. The zero-order valence-corrected chi connectivity index (χ0v) is 15.8. The number of carbonyl (C=O) groups is 1. The van der Waals surface area contributed by atoms with Crippen LogP contribution >= 0.6 is 11.6 Å². The first kappa shape index (κ1) is 18.7. The van der Waals surface area contributed by atoms with E-state index in [0.29, 0.717) is 42.0 Å². The van der Waals surface area contributed by atoms with Gasteiger partial charge in [-0.25, -0.2) is 4.79 Å². The van der Waals surface area contributed by atoms with E-state index in [4.69, 9.17) is 20.9 Å². The maximum absolute atomic E-state index is 12.9. The highest BCUT2D eigenvalue weighted by molar-refractivity contribution is 6.33. The van der Waals surface area contributed by atoms with E-state index >= 15 is 0 Å². The Labute approximate surface area is 157 Å². The highest BCUT2D eigenvalue weighted by Gasteiger charge is 2.32. The lowest BCUT2D eigenvalue weighted by Gasteiger charge is -2.33. The molecule has 1 aromatic heterocycles. The number of ether oxygens (including phenoxy) is 1. The van der Waals surface area contributed by atoms with Crippen molar-refractivity contribution in [1.82, 2.24) is 15.0 Å². The van der Waals surface area contributed by atoms with Gasteiger partial charge in [-0.2, -0.15) is 4.98 Å². The van der Waals surface area contributed by atoms with E-state index in [1.54, 1.807) is 18.1 Å². The Hall–Kier alpha value is -2.12. The number of rotatable bonds is 5. The molecule has 1 aliphatic heterocycles. The summed E-state index contributed by atoms with van der Waals surface area (Å²) in [6.45, 7) is 3.07. The summed E-state index contributed by atoms with van der Waals surface area (Å²) in [6, 6.07) is 5.10. The Morgan fingerprint density at radius 2 is 2.31 bits per heavy atom. The molecule has 140 valence electrons. The van der Waals surface area contributed by atoms with Crippen LogP contribution in [0.3, 0.4) is 0 Å². The first-order chi connectivity index (χ1) is 12.6. The van der Waals surface area contributed by atoms with Gasteiger partial charge < -0.3 is 19.5 Å². The fourth-order valence-corrected chi connectivity index (χ4v) is 3.37. The average Bonchev–Trinajstić information content (AvgIpc) is 3.12. The minimum absolute atomic E-state index is 0.206. The number of hydrogen-bond donors (Lipinski definition) is 1. The van der Waals surface area contributed by atoms with Crippen molar-refractivity contribution >= 4 is 23.3 Å². The van der Waals surface area contributed by atoms with Crippen molar-refractivity contribution in [3.63, 3.8) is 0 Å². The third kappa shape index (κ3) is 4.16. The van der Waals surface area contributed by atoms with Gasteiger partial charge in [-0.15, -0.1) is 0 Å². The van der Waals surface area contributed by atoms with Gasteiger partial charge >= 0.3 is 6.03 Å². The Morgan fingerprint density at radius 1 is 1.46 bits per heavy atom. The number of carbonyl (C=O) groups excluding carboxylic acids is 1. The SMILES string of the molecule is COCCc1noc([C@H]2CCCCN2C(=O)Nc2c(C)cccc2Cl)n1. The van der Waals surface area contributed by atoms with Crippen molar-refractivity contribution in [3.8, 4) is 0 Å². The van der Waals surface area contributed by atoms with Crippen LogP contribution in [-0.4, -0.2) is 41.3 Å². The molecule has 2 aromatic rings. The van der Waals surface area contributed by atoms with E-state index in [1.807, 2.05) is 19.1 Å².